The van der Waals surface area contributed by atoms with Gasteiger partial charge in [-0.15, -0.1) is 12.3 Å². The Morgan fingerprint density at radius 3 is 2.41 bits per heavy atom. The number of esters is 1. The molecule has 8 nitrogen and oxygen atoms in total. The van der Waals surface area contributed by atoms with Crippen LogP contribution in [0.5, 0.6) is 0 Å². The second kappa shape index (κ2) is 12.0. The average molecular weight is 379 g/mol. The summed E-state index contributed by atoms with van der Waals surface area (Å²) in [5.74, 6) is -0.140. The van der Waals surface area contributed by atoms with Gasteiger partial charge >= 0.3 is 5.97 Å². The van der Waals surface area contributed by atoms with Gasteiger partial charge in [-0.2, -0.15) is 0 Å². The van der Waals surface area contributed by atoms with Crippen LogP contribution in [0.25, 0.3) is 0 Å². The number of ether oxygens (including phenoxy) is 2. The van der Waals surface area contributed by atoms with Crippen molar-refractivity contribution >= 4 is 29.5 Å². The molecule has 148 valence electrons. The molecule has 1 aliphatic rings. The summed E-state index contributed by atoms with van der Waals surface area (Å²) in [5.41, 5.74) is 0. The van der Waals surface area contributed by atoms with Gasteiger partial charge in [0.25, 0.3) is 0 Å². The van der Waals surface area contributed by atoms with Crippen LogP contribution in [0.1, 0.15) is 51.9 Å². The van der Waals surface area contributed by atoms with Gasteiger partial charge in [-0.3, -0.25) is 24.0 Å². The molecule has 0 radical (unpaired) electrons. The van der Waals surface area contributed by atoms with E-state index < -0.39 is 29.6 Å². The number of amides is 3. The quantitative estimate of drug-likeness (QED) is 0.216. The highest BCUT2D eigenvalue weighted by atomic mass is 16.6. The first-order valence-corrected chi connectivity index (χ1v) is 8.98. The maximum atomic E-state index is 11.8. The Labute approximate surface area is 158 Å². The zero-order valence-corrected chi connectivity index (χ0v) is 15.5. The van der Waals surface area contributed by atoms with Crippen molar-refractivity contribution in [3.63, 3.8) is 0 Å². The molecule has 0 bridgehead atoms. The summed E-state index contributed by atoms with van der Waals surface area (Å²) in [6, 6.07) is 0. The molecule has 1 aliphatic heterocycles. The van der Waals surface area contributed by atoms with Crippen molar-refractivity contribution in [1.82, 2.24) is 4.90 Å². The number of Topliss-reactive ketones (excluding diaryl/α,β-unsaturated/α-hetero) is 1. The fourth-order valence-corrected chi connectivity index (χ4v) is 2.60. The Kier molecular flexibility index (Phi) is 9.98. The molecule has 8 heteroatoms. The van der Waals surface area contributed by atoms with Crippen LogP contribution in [0.2, 0.25) is 0 Å². The van der Waals surface area contributed by atoms with E-state index in [2.05, 4.69) is 5.92 Å². The lowest BCUT2D eigenvalue weighted by Crippen LogP contribution is -2.35. The zero-order chi connectivity index (χ0) is 20.2. The van der Waals surface area contributed by atoms with Crippen LogP contribution in [-0.4, -0.2) is 54.2 Å². The molecule has 0 aromatic rings. The van der Waals surface area contributed by atoms with Gasteiger partial charge < -0.3 is 9.47 Å². The van der Waals surface area contributed by atoms with E-state index in [1.807, 2.05) is 0 Å². The molecular formula is C19H25NO7. The SMILES string of the molecule is C#CCC(CC(=O)OCCOCCCC(=O)N1C(=O)CCC1=O)C(=O)CC. The van der Waals surface area contributed by atoms with E-state index >= 15 is 0 Å². The Hall–Kier alpha value is -2.53. The van der Waals surface area contributed by atoms with Gasteiger partial charge in [-0.05, 0) is 6.42 Å². The van der Waals surface area contributed by atoms with Gasteiger partial charge in [0.2, 0.25) is 17.7 Å². The van der Waals surface area contributed by atoms with Crippen molar-refractivity contribution in [3.05, 3.63) is 0 Å². The number of ketones is 1. The normalized spacial score (nSPS) is 14.7. The molecule has 0 N–H and O–H groups in total. The molecule has 1 heterocycles. The van der Waals surface area contributed by atoms with Gasteiger partial charge in [-0.1, -0.05) is 6.92 Å². The van der Waals surface area contributed by atoms with Crippen LogP contribution < -0.4 is 0 Å². The fraction of sp³-hybridized carbons (Fsp3) is 0.632. The van der Waals surface area contributed by atoms with E-state index in [1.165, 1.54) is 0 Å². The lowest BCUT2D eigenvalue weighted by Gasteiger charge is -2.12. The number of imide groups is 3. The number of likely N-dealkylation sites (tertiary alicyclic amines) is 1. The lowest BCUT2D eigenvalue weighted by molar-refractivity contribution is -0.149. The Morgan fingerprint density at radius 2 is 1.81 bits per heavy atom. The number of rotatable bonds is 12. The molecule has 0 aromatic heterocycles. The first kappa shape index (κ1) is 22.5. The van der Waals surface area contributed by atoms with E-state index in [0.717, 1.165) is 0 Å². The van der Waals surface area contributed by atoms with E-state index in [-0.39, 0.29) is 57.7 Å². The summed E-state index contributed by atoms with van der Waals surface area (Å²) in [5, 5.41) is 0. The maximum absolute atomic E-state index is 11.8. The Bertz CT molecular complexity index is 604. The maximum Gasteiger partial charge on any atom is 0.306 e. The van der Waals surface area contributed by atoms with Gasteiger partial charge in [0.15, 0.2) is 0 Å². The summed E-state index contributed by atoms with van der Waals surface area (Å²) in [7, 11) is 0. The van der Waals surface area contributed by atoms with Gasteiger partial charge in [0, 0.05) is 44.6 Å². The molecule has 0 aromatic carbocycles. The lowest BCUT2D eigenvalue weighted by atomic mass is 9.95. The molecule has 3 amide bonds. The second-order valence-corrected chi connectivity index (χ2v) is 6.08. The zero-order valence-electron chi connectivity index (χ0n) is 15.5. The molecule has 27 heavy (non-hydrogen) atoms. The fourth-order valence-electron chi connectivity index (χ4n) is 2.60. The third kappa shape index (κ3) is 7.71. The number of carbonyl (C=O) groups excluding carboxylic acids is 5. The van der Waals surface area contributed by atoms with Crippen LogP contribution in [-0.2, 0) is 33.4 Å². The average Bonchev–Trinajstić information content (AvgIpc) is 2.98. The number of terminal acetylenes is 1. The highest BCUT2D eigenvalue weighted by Gasteiger charge is 2.33. The Morgan fingerprint density at radius 1 is 1.15 bits per heavy atom. The van der Waals surface area contributed by atoms with Crippen LogP contribution in [0.4, 0.5) is 0 Å². The minimum Gasteiger partial charge on any atom is -0.463 e. The van der Waals surface area contributed by atoms with Crippen molar-refractivity contribution in [2.24, 2.45) is 5.92 Å². The summed E-state index contributed by atoms with van der Waals surface area (Å²) in [6.07, 6.45) is 6.21. The monoisotopic (exact) mass is 379 g/mol. The molecule has 1 atom stereocenters. The highest BCUT2D eigenvalue weighted by molar-refractivity contribution is 6.14. The number of nitrogens with zero attached hydrogens (tertiary/aromatic N) is 1. The highest BCUT2D eigenvalue weighted by Crippen LogP contribution is 2.14. The molecule has 1 saturated heterocycles. The van der Waals surface area contributed by atoms with Crippen LogP contribution in [0.3, 0.4) is 0 Å². The van der Waals surface area contributed by atoms with Crippen molar-refractivity contribution in [1.29, 1.82) is 0 Å². The predicted molar refractivity (Wildman–Crippen MR) is 94.0 cm³/mol. The molecule has 0 aliphatic carbocycles. The minimum absolute atomic E-state index is 0.0268. The van der Waals surface area contributed by atoms with E-state index in [4.69, 9.17) is 15.9 Å². The van der Waals surface area contributed by atoms with Crippen molar-refractivity contribution in [3.8, 4) is 12.3 Å². The first-order valence-electron chi connectivity index (χ1n) is 8.98. The summed E-state index contributed by atoms with van der Waals surface area (Å²) < 4.78 is 10.3. The number of carbonyl (C=O) groups is 5. The van der Waals surface area contributed by atoms with Crippen LogP contribution in [0.15, 0.2) is 0 Å². The number of hydrogen-bond acceptors (Lipinski definition) is 7. The molecule has 1 rings (SSSR count). The number of hydrogen-bond donors (Lipinski definition) is 0. The van der Waals surface area contributed by atoms with Crippen LogP contribution >= 0.6 is 0 Å². The smallest absolute Gasteiger partial charge is 0.306 e. The van der Waals surface area contributed by atoms with Gasteiger partial charge in [0.05, 0.1) is 13.0 Å². The topological polar surface area (TPSA) is 107 Å². The Balaban J connectivity index is 2.13. The predicted octanol–water partition coefficient (Wildman–Crippen LogP) is 1.01. The molecular weight excluding hydrogens is 354 g/mol. The minimum atomic E-state index is -0.518. The third-order valence-corrected chi connectivity index (χ3v) is 4.05. The largest absolute Gasteiger partial charge is 0.463 e. The van der Waals surface area contributed by atoms with E-state index in [0.29, 0.717) is 17.7 Å². The summed E-state index contributed by atoms with van der Waals surface area (Å²) in [6.45, 7) is 2.11. The van der Waals surface area contributed by atoms with Crippen LogP contribution in [0, 0.1) is 18.3 Å². The third-order valence-electron chi connectivity index (χ3n) is 4.05. The van der Waals surface area contributed by atoms with E-state index in [1.54, 1.807) is 6.92 Å². The standard InChI is InChI=1S/C19H25NO7/c1-3-6-14(15(21)4-2)13-19(25)27-12-11-26-10-5-7-16(22)20-17(23)8-9-18(20)24/h1,14H,4-13H2,2H3. The first-order chi connectivity index (χ1) is 12.9. The van der Waals surface area contributed by atoms with Crippen molar-refractivity contribution < 1.29 is 33.4 Å². The molecule has 0 saturated carbocycles. The summed E-state index contributed by atoms with van der Waals surface area (Å²) >= 11 is 0. The van der Waals surface area contributed by atoms with Gasteiger partial charge in [-0.25, -0.2) is 4.90 Å². The van der Waals surface area contributed by atoms with Crippen molar-refractivity contribution in [2.75, 3.05) is 19.8 Å². The molecule has 1 fully saturated rings. The van der Waals surface area contributed by atoms with E-state index in [9.17, 15) is 24.0 Å². The molecule has 0 spiro atoms. The van der Waals surface area contributed by atoms with Gasteiger partial charge in [0.1, 0.15) is 12.4 Å². The molecule has 1 unspecified atom stereocenters. The van der Waals surface area contributed by atoms with Crippen molar-refractivity contribution in [2.45, 2.75) is 51.9 Å². The summed E-state index contributed by atoms with van der Waals surface area (Å²) in [4.78, 5) is 58.7. The second-order valence-electron chi connectivity index (χ2n) is 6.08.